The van der Waals surface area contributed by atoms with Crippen LogP contribution in [0.5, 0.6) is 0 Å². The fraction of sp³-hybridized carbons (Fsp3) is 0.417. The molecule has 0 spiro atoms. The van der Waals surface area contributed by atoms with Gasteiger partial charge in [-0.05, 0) is 34.1 Å². The maximum Gasteiger partial charge on any atom is 0.227 e. The summed E-state index contributed by atoms with van der Waals surface area (Å²) in [6, 6.07) is 4.36. The lowest BCUT2D eigenvalue weighted by molar-refractivity contribution is -0.117. The van der Waals surface area contributed by atoms with Gasteiger partial charge >= 0.3 is 0 Å². The number of sulfone groups is 1. The van der Waals surface area contributed by atoms with Crippen LogP contribution in [-0.2, 0) is 24.7 Å². The van der Waals surface area contributed by atoms with Crippen molar-refractivity contribution in [2.24, 2.45) is 11.1 Å². The van der Waals surface area contributed by atoms with E-state index in [0.29, 0.717) is 10.2 Å². The van der Waals surface area contributed by atoms with Crippen molar-refractivity contribution in [2.45, 2.75) is 11.3 Å². The standard InChI is InChI=1S/C12H15BrN2O5S2/c1-21(17,18)9-2-3-11(10(13)5-9)15-6-8(4-12(15)16)7-22(14,19)20/h2-3,5,8H,4,6-7H2,1H3,(H2,14,19,20). The van der Waals surface area contributed by atoms with E-state index in [1.165, 1.54) is 23.1 Å². The summed E-state index contributed by atoms with van der Waals surface area (Å²) in [5.41, 5.74) is 0.509. The first-order chi connectivity index (χ1) is 9.97. The molecule has 0 radical (unpaired) electrons. The Labute approximate surface area is 137 Å². The quantitative estimate of drug-likeness (QED) is 0.775. The zero-order chi connectivity index (χ0) is 16.7. The first-order valence-corrected chi connectivity index (χ1v) is 10.7. The maximum absolute atomic E-state index is 12.1. The number of hydrogen-bond donors (Lipinski definition) is 1. The molecule has 122 valence electrons. The van der Waals surface area contributed by atoms with E-state index in [9.17, 15) is 21.6 Å². The molecule has 0 saturated carbocycles. The number of hydrogen-bond acceptors (Lipinski definition) is 5. The van der Waals surface area contributed by atoms with Gasteiger partial charge in [0.25, 0.3) is 0 Å². The van der Waals surface area contributed by atoms with Crippen LogP contribution >= 0.6 is 15.9 Å². The molecule has 1 aliphatic rings. The van der Waals surface area contributed by atoms with Crippen LogP contribution in [0.1, 0.15) is 6.42 Å². The van der Waals surface area contributed by atoms with Crippen LogP contribution in [0.25, 0.3) is 0 Å². The third-order valence-electron chi connectivity index (χ3n) is 3.31. The van der Waals surface area contributed by atoms with E-state index in [0.717, 1.165) is 6.26 Å². The average Bonchev–Trinajstić information content (AvgIpc) is 2.66. The van der Waals surface area contributed by atoms with Crippen LogP contribution in [0, 0.1) is 5.92 Å². The molecular formula is C12H15BrN2O5S2. The molecule has 1 heterocycles. The lowest BCUT2D eigenvalue weighted by Gasteiger charge is -2.18. The van der Waals surface area contributed by atoms with Crippen molar-refractivity contribution >= 4 is 47.4 Å². The lowest BCUT2D eigenvalue weighted by atomic mass is 10.1. The molecule has 7 nitrogen and oxygen atoms in total. The summed E-state index contributed by atoms with van der Waals surface area (Å²) in [6.07, 6.45) is 1.19. The van der Waals surface area contributed by atoms with Crippen molar-refractivity contribution in [3.05, 3.63) is 22.7 Å². The zero-order valence-corrected chi connectivity index (χ0v) is 14.9. The summed E-state index contributed by atoms with van der Waals surface area (Å²) in [5.74, 6) is -0.848. The fourth-order valence-corrected chi connectivity index (χ4v) is 4.66. The average molecular weight is 411 g/mol. The highest BCUT2D eigenvalue weighted by Gasteiger charge is 2.33. The van der Waals surface area contributed by atoms with Crippen molar-refractivity contribution in [3.63, 3.8) is 0 Å². The molecule has 1 unspecified atom stereocenters. The number of carbonyl (C=O) groups excluding carboxylic acids is 1. The number of anilines is 1. The van der Waals surface area contributed by atoms with Crippen LogP contribution in [0.3, 0.4) is 0 Å². The molecule has 0 aliphatic carbocycles. The molecular weight excluding hydrogens is 396 g/mol. The highest BCUT2D eigenvalue weighted by molar-refractivity contribution is 9.10. The summed E-state index contributed by atoms with van der Waals surface area (Å²) >= 11 is 3.26. The predicted octanol–water partition coefficient (Wildman–Crippen LogP) is 0.494. The minimum atomic E-state index is -3.64. The summed E-state index contributed by atoms with van der Waals surface area (Å²) in [5, 5.41) is 5.01. The zero-order valence-electron chi connectivity index (χ0n) is 11.7. The highest BCUT2D eigenvalue weighted by Crippen LogP contribution is 2.33. The second kappa shape index (κ2) is 5.91. The number of nitrogens with two attached hydrogens (primary N) is 1. The number of nitrogens with zero attached hydrogens (tertiary/aromatic N) is 1. The van der Waals surface area contributed by atoms with Crippen LogP contribution in [0.4, 0.5) is 5.69 Å². The van der Waals surface area contributed by atoms with Crippen molar-refractivity contribution in [1.82, 2.24) is 0 Å². The monoisotopic (exact) mass is 410 g/mol. The van der Waals surface area contributed by atoms with E-state index < -0.39 is 19.9 Å². The normalized spacial score (nSPS) is 19.7. The number of rotatable bonds is 4. The number of primary sulfonamides is 1. The molecule has 2 N–H and O–H groups in total. The maximum atomic E-state index is 12.1. The smallest absolute Gasteiger partial charge is 0.227 e. The Balaban J connectivity index is 2.28. The molecule has 1 amide bonds. The number of benzene rings is 1. The summed E-state index contributed by atoms with van der Waals surface area (Å²) in [4.78, 5) is 13.6. The van der Waals surface area contributed by atoms with E-state index in [1.807, 2.05) is 0 Å². The Kier molecular flexibility index (Phi) is 4.67. The van der Waals surface area contributed by atoms with Gasteiger partial charge in [-0.15, -0.1) is 0 Å². The van der Waals surface area contributed by atoms with E-state index in [-0.39, 0.29) is 35.4 Å². The largest absolute Gasteiger partial charge is 0.311 e. The molecule has 2 rings (SSSR count). The van der Waals surface area contributed by atoms with Crippen LogP contribution in [-0.4, -0.2) is 41.3 Å². The molecule has 1 aromatic rings. The Bertz CT molecular complexity index is 820. The van der Waals surface area contributed by atoms with E-state index in [2.05, 4.69) is 15.9 Å². The molecule has 1 aliphatic heterocycles. The van der Waals surface area contributed by atoms with Crippen molar-refractivity contribution < 1.29 is 21.6 Å². The van der Waals surface area contributed by atoms with Crippen LogP contribution in [0.15, 0.2) is 27.6 Å². The minimum Gasteiger partial charge on any atom is -0.311 e. The van der Waals surface area contributed by atoms with Gasteiger partial charge in [-0.1, -0.05) is 0 Å². The minimum absolute atomic E-state index is 0.0939. The number of halogens is 1. The van der Waals surface area contributed by atoms with Crippen LogP contribution < -0.4 is 10.0 Å². The predicted molar refractivity (Wildman–Crippen MR) is 85.7 cm³/mol. The second-order valence-electron chi connectivity index (χ2n) is 5.29. The second-order valence-corrected chi connectivity index (χ2v) is 9.82. The Morgan fingerprint density at radius 1 is 1.32 bits per heavy atom. The molecule has 10 heteroatoms. The van der Waals surface area contributed by atoms with E-state index in [4.69, 9.17) is 5.14 Å². The van der Waals surface area contributed by atoms with Gasteiger partial charge in [0.2, 0.25) is 15.9 Å². The number of carbonyl (C=O) groups is 1. The molecule has 0 aromatic heterocycles. The fourth-order valence-electron chi connectivity index (χ4n) is 2.39. The van der Waals surface area contributed by atoms with Crippen molar-refractivity contribution in [1.29, 1.82) is 0 Å². The molecule has 0 bridgehead atoms. The SMILES string of the molecule is CS(=O)(=O)c1ccc(N2CC(CS(N)(=O)=O)CC2=O)c(Br)c1. The molecule has 1 aromatic carbocycles. The van der Waals surface area contributed by atoms with Gasteiger partial charge in [0, 0.05) is 29.6 Å². The number of amides is 1. The van der Waals surface area contributed by atoms with Crippen molar-refractivity contribution in [2.75, 3.05) is 23.5 Å². The number of sulfonamides is 1. The van der Waals surface area contributed by atoms with E-state index in [1.54, 1.807) is 0 Å². The first kappa shape index (κ1) is 17.4. The summed E-state index contributed by atoms with van der Waals surface area (Å²) < 4.78 is 45.7. The first-order valence-electron chi connectivity index (χ1n) is 6.28. The van der Waals surface area contributed by atoms with Gasteiger partial charge in [-0.2, -0.15) is 0 Å². The topological polar surface area (TPSA) is 115 Å². The van der Waals surface area contributed by atoms with Gasteiger partial charge in [0.15, 0.2) is 9.84 Å². The van der Waals surface area contributed by atoms with Gasteiger partial charge in [0.1, 0.15) is 0 Å². The van der Waals surface area contributed by atoms with Gasteiger partial charge in [0.05, 0.1) is 16.3 Å². The van der Waals surface area contributed by atoms with Gasteiger partial charge < -0.3 is 4.90 Å². The molecule has 1 fully saturated rings. The van der Waals surface area contributed by atoms with Gasteiger partial charge in [-0.25, -0.2) is 22.0 Å². The van der Waals surface area contributed by atoms with Crippen molar-refractivity contribution in [3.8, 4) is 0 Å². The van der Waals surface area contributed by atoms with Gasteiger partial charge in [-0.3, -0.25) is 4.79 Å². The molecule has 22 heavy (non-hydrogen) atoms. The van der Waals surface area contributed by atoms with E-state index >= 15 is 0 Å². The molecule has 1 saturated heterocycles. The van der Waals surface area contributed by atoms with Crippen LogP contribution in [0.2, 0.25) is 0 Å². The Hall–Kier alpha value is -0.970. The Morgan fingerprint density at radius 3 is 2.45 bits per heavy atom. The lowest BCUT2D eigenvalue weighted by Crippen LogP contribution is -2.27. The third kappa shape index (κ3) is 4.06. The molecule has 1 atom stereocenters. The summed E-state index contributed by atoms with van der Waals surface area (Å²) in [6.45, 7) is 0.228. The highest BCUT2D eigenvalue weighted by atomic mass is 79.9. The third-order valence-corrected chi connectivity index (χ3v) is 5.99. The Morgan fingerprint density at radius 2 is 1.95 bits per heavy atom. The summed E-state index contributed by atoms with van der Waals surface area (Å²) in [7, 11) is -6.99.